The summed E-state index contributed by atoms with van der Waals surface area (Å²) in [5.41, 5.74) is 8.40. The maximum absolute atomic E-state index is 15.6. The smallest absolute Gasteiger partial charge is 0.262 e. The number of carbonyl (C=O) groups is 4. The molecule has 2 aromatic heterocycles. The minimum Gasteiger partial charge on any atom is -0.482 e. The van der Waals surface area contributed by atoms with Crippen LogP contribution >= 0.6 is 23.2 Å². The predicted molar refractivity (Wildman–Crippen MR) is 211 cm³/mol. The van der Waals surface area contributed by atoms with Gasteiger partial charge in [-0.25, -0.2) is 13.8 Å². The summed E-state index contributed by atoms with van der Waals surface area (Å²) in [5.74, 6) is -2.68. The number of nitrogen functional groups attached to an aromatic ring is 1. The van der Waals surface area contributed by atoms with Crippen LogP contribution in [0.4, 0.5) is 20.3 Å². The van der Waals surface area contributed by atoms with Crippen molar-refractivity contribution in [2.45, 2.75) is 82.1 Å². The van der Waals surface area contributed by atoms with Crippen LogP contribution in [0, 0.1) is 17.6 Å². The molecule has 4 amide bonds. The maximum Gasteiger partial charge on any atom is 0.262 e. The second-order valence-corrected chi connectivity index (χ2v) is 16.7. The Bertz CT molecular complexity index is 2360. The zero-order chi connectivity index (χ0) is 40.6. The third-order valence-corrected chi connectivity index (χ3v) is 13.2. The zero-order valence-electron chi connectivity index (χ0n) is 31.5. The van der Waals surface area contributed by atoms with Gasteiger partial charge in [0.15, 0.2) is 11.6 Å². The molecule has 2 bridgehead atoms. The van der Waals surface area contributed by atoms with Crippen LogP contribution in [0.15, 0.2) is 48.9 Å². The number of nitrogens with zero attached hydrogens (tertiary/aromatic N) is 6. The van der Waals surface area contributed by atoms with Crippen molar-refractivity contribution in [3.05, 3.63) is 87.3 Å². The van der Waals surface area contributed by atoms with Gasteiger partial charge >= 0.3 is 0 Å². The molecule has 6 aliphatic rings. The number of nitrogens with two attached hydrogens (primary N) is 1. The van der Waals surface area contributed by atoms with Crippen molar-refractivity contribution in [3.63, 3.8) is 0 Å². The number of imide groups is 2. The number of anilines is 2. The molecule has 4 aromatic rings. The summed E-state index contributed by atoms with van der Waals surface area (Å²) in [6, 6.07) is 6.62. The quantitative estimate of drug-likeness (QED) is 0.144. The average Bonchev–Trinajstić information content (AvgIpc) is 3.79. The number of benzene rings is 2. The molecule has 58 heavy (non-hydrogen) atoms. The fraction of sp³-hybridized carbons (Fsp3) is 0.415. The lowest BCUT2D eigenvalue weighted by molar-refractivity contribution is -0.136. The minimum atomic E-state index is -1.10. The third-order valence-electron chi connectivity index (χ3n) is 12.5. The molecule has 5 fully saturated rings. The van der Waals surface area contributed by atoms with Crippen LogP contribution in [0.2, 0.25) is 10.0 Å². The molecule has 302 valence electrons. The number of hydrogen-bond donors (Lipinski definition) is 2. The molecule has 1 saturated carbocycles. The van der Waals surface area contributed by atoms with Crippen LogP contribution in [-0.4, -0.2) is 86.0 Å². The average molecular weight is 834 g/mol. The molecule has 7 heterocycles. The number of rotatable bonds is 9. The molecule has 17 heteroatoms. The SMILES string of the molecule is CC(Oc1cc(-c2cnn(C3CCC(CN4C5CC4CN(c4cc6c(cc4F)C(=O)N(C4CCC(=O)NC4=O)C6=O)C5)CC3)c2)cnc1N)c1c(Cl)ccc(F)c1Cl. The lowest BCUT2D eigenvalue weighted by atomic mass is 9.81. The largest absolute Gasteiger partial charge is 0.482 e. The van der Waals surface area contributed by atoms with E-state index in [1.165, 1.54) is 18.2 Å². The summed E-state index contributed by atoms with van der Waals surface area (Å²) in [4.78, 5) is 60.3. The number of hydrogen-bond acceptors (Lipinski definition) is 10. The molecule has 4 unspecified atom stereocenters. The summed E-state index contributed by atoms with van der Waals surface area (Å²) >= 11 is 12.5. The highest BCUT2D eigenvalue weighted by molar-refractivity contribution is 6.36. The fourth-order valence-electron chi connectivity index (χ4n) is 9.35. The summed E-state index contributed by atoms with van der Waals surface area (Å²) in [6.07, 6.45) is 9.89. The molecule has 2 aromatic carbocycles. The molecule has 10 rings (SSSR count). The minimum absolute atomic E-state index is 0.0144. The van der Waals surface area contributed by atoms with Crippen molar-refractivity contribution in [2.75, 3.05) is 30.3 Å². The standard InChI is InChI=1S/C41H40Cl2F2N8O5/c1-20(36-29(42)6-7-30(44)37(36)43)58-34-10-22(14-47-38(34)46)23-15-48-52(17-23)24-4-2-21(3-5-24)16-51-25-11-26(51)19-50(18-25)33-13-28-27(12-31(33)45)40(56)53(41(28)57)32-8-9-35(54)49-39(32)55/h6-7,10,12-15,17,20-21,24-26,32H,2-5,8-9,11,16,18-19H2,1H3,(H2,46,47)(H,49,54,55). The van der Waals surface area contributed by atoms with Crippen molar-refractivity contribution in [1.82, 2.24) is 29.9 Å². The first-order valence-corrected chi connectivity index (χ1v) is 20.3. The van der Waals surface area contributed by atoms with Gasteiger partial charge in [0.2, 0.25) is 11.8 Å². The first-order chi connectivity index (χ1) is 27.8. The number of piperazine rings is 1. The highest BCUT2D eigenvalue weighted by Crippen LogP contribution is 2.42. The molecular formula is C41H40Cl2F2N8O5. The van der Waals surface area contributed by atoms with Crippen molar-refractivity contribution in [2.24, 2.45) is 5.92 Å². The highest BCUT2D eigenvalue weighted by Gasteiger charge is 2.48. The zero-order valence-corrected chi connectivity index (χ0v) is 33.0. The van der Waals surface area contributed by atoms with Gasteiger partial charge in [-0.15, -0.1) is 0 Å². The van der Waals surface area contributed by atoms with Gasteiger partial charge in [-0.1, -0.05) is 23.2 Å². The number of aromatic nitrogens is 3. The van der Waals surface area contributed by atoms with Crippen LogP contribution in [0.1, 0.15) is 90.3 Å². The van der Waals surface area contributed by atoms with Gasteiger partial charge in [0.25, 0.3) is 11.8 Å². The van der Waals surface area contributed by atoms with E-state index in [-0.39, 0.29) is 63.6 Å². The Hall–Kier alpha value is -5.12. The molecule has 0 spiro atoms. The van der Waals surface area contributed by atoms with E-state index in [2.05, 4.69) is 15.2 Å². The van der Waals surface area contributed by atoms with Gasteiger partial charge in [0, 0.05) is 72.2 Å². The lowest BCUT2D eigenvalue weighted by Gasteiger charge is -2.58. The van der Waals surface area contributed by atoms with Gasteiger partial charge in [0.05, 0.1) is 34.1 Å². The van der Waals surface area contributed by atoms with Gasteiger partial charge in [0.1, 0.15) is 23.8 Å². The molecule has 1 aliphatic carbocycles. The lowest BCUT2D eigenvalue weighted by Crippen LogP contribution is -2.69. The number of ether oxygens (including phenoxy) is 1. The van der Waals surface area contributed by atoms with E-state index in [1.54, 1.807) is 25.4 Å². The Labute approximate surface area is 342 Å². The number of fused-ring (bicyclic) bond motifs is 3. The van der Waals surface area contributed by atoms with Crippen molar-refractivity contribution in [3.8, 4) is 16.9 Å². The molecule has 0 radical (unpaired) electrons. The van der Waals surface area contributed by atoms with Gasteiger partial charge in [-0.2, -0.15) is 5.10 Å². The Morgan fingerprint density at radius 3 is 2.36 bits per heavy atom. The molecule has 4 saturated heterocycles. The van der Waals surface area contributed by atoms with E-state index in [4.69, 9.17) is 38.8 Å². The van der Waals surface area contributed by atoms with Gasteiger partial charge in [-0.05, 0) is 81.7 Å². The summed E-state index contributed by atoms with van der Waals surface area (Å²) in [6.45, 7) is 3.89. The Morgan fingerprint density at radius 1 is 0.914 bits per heavy atom. The molecule has 3 N–H and O–H groups in total. The highest BCUT2D eigenvalue weighted by atomic mass is 35.5. The molecule has 13 nitrogen and oxygen atoms in total. The second kappa shape index (κ2) is 14.9. The van der Waals surface area contributed by atoms with Crippen LogP contribution < -0.4 is 20.7 Å². The number of nitrogens with one attached hydrogen (secondary N) is 1. The molecule has 5 aliphatic heterocycles. The topological polar surface area (TPSA) is 156 Å². The van der Waals surface area contributed by atoms with Crippen molar-refractivity contribution in [1.29, 1.82) is 0 Å². The van der Waals surface area contributed by atoms with Crippen molar-refractivity contribution >= 4 is 58.3 Å². The number of halogens is 4. The van der Waals surface area contributed by atoms with E-state index in [9.17, 15) is 23.6 Å². The predicted octanol–water partition coefficient (Wildman–Crippen LogP) is 6.35. The third kappa shape index (κ3) is 6.76. The Kier molecular flexibility index (Phi) is 9.88. The van der Waals surface area contributed by atoms with Crippen LogP contribution in [0.5, 0.6) is 5.75 Å². The number of pyridine rings is 1. The number of carbonyl (C=O) groups excluding carboxylic acids is 4. The van der Waals surface area contributed by atoms with Crippen LogP contribution in [0.25, 0.3) is 11.1 Å². The Balaban J connectivity index is 0.794. The first kappa shape index (κ1) is 38.4. The van der Waals surface area contributed by atoms with E-state index in [0.29, 0.717) is 30.3 Å². The van der Waals surface area contributed by atoms with Crippen LogP contribution in [-0.2, 0) is 9.59 Å². The molecule has 4 atom stereocenters. The second-order valence-electron chi connectivity index (χ2n) is 15.9. The maximum atomic E-state index is 15.6. The summed E-state index contributed by atoms with van der Waals surface area (Å²) < 4.78 is 37.9. The van der Waals surface area contributed by atoms with E-state index in [0.717, 1.165) is 60.7 Å². The van der Waals surface area contributed by atoms with Gasteiger partial charge in [-0.3, -0.25) is 39.0 Å². The number of piperidine rings is 2. The summed E-state index contributed by atoms with van der Waals surface area (Å²) in [5, 5.41) is 7.06. The first-order valence-electron chi connectivity index (χ1n) is 19.5. The van der Waals surface area contributed by atoms with E-state index >= 15 is 4.39 Å². The fourth-order valence-corrected chi connectivity index (χ4v) is 10.0. The Morgan fingerprint density at radius 2 is 1.64 bits per heavy atom. The summed E-state index contributed by atoms with van der Waals surface area (Å²) in [7, 11) is 0. The van der Waals surface area contributed by atoms with Crippen LogP contribution in [0.3, 0.4) is 0 Å². The monoisotopic (exact) mass is 832 g/mol. The van der Waals surface area contributed by atoms with Gasteiger partial charge < -0.3 is 15.4 Å². The van der Waals surface area contributed by atoms with E-state index < -0.39 is 47.4 Å². The van der Waals surface area contributed by atoms with Crippen molar-refractivity contribution < 1.29 is 32.7 Å². The van der Waals surface area contributed by atoms with E-state index in [1.807, 2.05) is 15.8 Å². The normalized spacial score (nSPS) is 25.1. The number of amides is 4. The molecular weight excluding hydrogens is 793 g/mol.